The van der Waals surface area contributed by atoms with Crippen LogP contribution < -0.4 is 4.90 Å². The second kappa shape index (κ2) is 7.69. The van der Waals surface area contributed by atoms with Crippen LogP contribution in [0.2, 0.25) is 0 Å². The van der Waals surface area contributed by atoms with Gasteiger partial charge < -0.3 is 4.90 Å². The average Bonchev–Trinajstić information content (AvgIpc) is 2.73. The first kappa shape index (κ1) is 17.4. The number of nitrogens with zero attached hydrogens (tertiary/aromatic N) is 2. The Labute approximate surface area is 163 Å². The molecule has 0 saturated carbocycles. The first-order valence-corrected chi connectivity index (χ1v) is 9.75. The lowest BCUT2D eigenvalue weighted by Crippen LogP contribution is -2.35. The molecule has 4 heteroatoms. The zero-order valence-electron chi connectivity index (χ0n) is 14.8. The molecule has 3 nitrogen and oxygen atoms in total. The maximum atomic E-state index is 13.4. The van der Waals surface area contributed by atoms with Gasteiger partial charge in [0.15, 0.2) is 0 Å². The summed E-state index contributed by atoms with van der Waals surface area (Å²) in [7, 11) is 0. The van der Waals surface area contributed by atoms with Crippen molar-refractivity contribution in [3.63, 3.8) is 0 Å². The Kier molecular flexibility index (Phi) is 4.95. The Morgan fingerprint density at radius 3 is 2.48 bits per heavy atom. The molecule has 0 N–H and O–H groups in total. The molecule has 0 aliphatic carbocycles. The number of hydrogen-bond donors (Lipinski definition) is 0. The van der Waals surface area contributed by atoms with Gasteiger partial charge in [-0.05, 0) is 48.7 Å². The Balaban J connectivity index is 1.70. The van der Waals surface area contributed by atoms with Crippen molar-refractivity contribution < 1.29 is 4.79 Å². The lowest BCUT2D eigenvalue weighted by atomic mass is 10.0. The van der Waals surface area contributed by atoms with Crippen LogP contribution in [0.25, 0.3) is 0 Å². The number of aryl methyl sites for hydroxylation is 1. The van der Waals surface area contributed by atoms with Gasteiger partial charge in [-0.2, -0.15) is 5.26 Å². The molecule has 1 amide bonds. The highest BCUT2D eigenvalue weighted by atomic mass is 32.2. The molecule has 1 aliphatic heterocycles. The number of anilines is 1. The van der Waals surface area contributed by atoms with E-state index in [1.165, 1.54) is 17.3 Å². The fourth-order valence-electron chi connectivity index (χ4n) is 3.39. The molecule has 0 bridgehead atoms. The van der Waals surface area contributed by atoms with Crippen molar-refractivity contribution in [1.29, 1.82) is 5.26 Å². The van der Waals surface area contributed by atoms with Crippen LogP contribution in [0, 0.1) is 11.3 Å². The van der Waals surface area contributed by atoms with E-state index in [-0.39, 0.29) is 5.91 Å². The number of rotatable bonds is 3. The number of fused-ring (bicyclic) bond motifs is 1. The first-order chi connectivity index (χ1) is 13.3. The summed E-state index contributed by atoms with van der Waals surface area (Å²) < 4.78 is 0. The van der Waals surface area contributed by atoms with Crippen LogP contribution in [-0.4, -0.2) is 12.5 Å². The molecular weight excluding hydrogens is 352 g/mol. The highest BCUT2D eigenvalue weighted by Gasteiger charge is 2.25. The maximum Gasteiger partial charge on any atom is 0.259 e. The van der Waals surface area contributed by atoms with Gasteiger partial charge in [-0.25, -0.2) is 0 Å². The van der Waals surface area contributed by atoms with Crippen LogP contribution in [0.5, 0.6) is 0 Å². The van der Waals surface area contributed by atoms with Crippen LogP contribution in [0.4, 0.5) is 5.69 Å². The van der Waals surface area contributed by atoms with Gasteiger partial charge in [0.1, 0.15) is 6.07 Å². The summed E-state index contributed by atoms with van der Waals surface area (Å²) in [6.07, 6.45) is 1.97. The maximum absolute atomic E-state index is 13.4. The molecule has 0 saturated heterocycles. The molecule has 132 valence electrons. The summed E-state index contributed by atoms with van der Waals surface area (Å²) in [5.41, 5.74) is 3.52. The Morgan fingerprint density at radius 1 is 0.926 bits per heavy atom. The minimum Gasteiger partial charge on any atom is -0.308 e. The molecule has 1 heterocycles. The number of carbonyl (C=O) groups excluding carboxylic acids is 1. The number of hydrogen-bond acceptors (Lipinski definition) is 3. The predicted molar refractivity (Wildman–Crippen MR) is 108 cm³/mol. The second-order valence-electron chi connectivity index (χ2n) is 6.40. The van der Waals surface area contributed by atoms with Crippen LogP contribution >= 0.6 is 11.8 Å². The molecule has 1 aliphatic rings. The minimum atomic E-state index is 0.0136. The van der Waals surface area contributed by atoms with E-state index in [2.05, 4.69) is 12.1 Å². The van der Waals surface area contributed by atoms with Crippen molar-refractivity contribution in [3.05, 3.63) is 89.5 Å². The molecule has 0 aromatic heterocycles. The third kappa shape index (κ3) is 3.47. The van der Waals surface area contributed by atoms with Crippen LogP contribution in [0.1, 0.15) is 27.9 Å². The lowest BCUT2D eigenvalue weighted by Gasteiger charge is -2.30. The largest absolute Gasteiger partial charge is 0.308 e. The smallest absolute Gasteiger partial charge is 0.259 e. The van der Waals surface area contributed by atoms with Gasteiger partial charge >= 0.3 is 0 Å². The SMILES string of the molecule is N#Cc1ccccc1Sc1ccccc1C(=O)N1CCCc2ccccc21. The van der Waals surface area contributed by atoms with Crippen molar-refractivity contribution in [2.75, 3.05) is 11.4 Å². The van der Waals surface area contributed by atoms with Gasteiger partial charge in [0.2, 0.25) is 0 Å². The van der Waals surface area contributed by atoms with Gasteiger partial charge in [0, 0.05) is 22.0 Å². The van der Waals surface area contributed by atoms with Crippen molar-refractivity contribution in [1.82, 2.24) is 0 Å². The molecule has 0 spiro atoms. The standard InChI is InChI=1S/C23H18N2OS/c24-16-18-9-2-5-13-21(18)27-22-14-6-3-11-19(22)23(26)25-15-7-10-17-8-1-4-12-20(17)25/h1-6,8-9,11-14H,7,10,15H2. The number of carbonyl (C=O) groups is 1. The second-order valence-corrected chi connectivity index (χ2v) is 7.48. The fourth-order valence-corrected chi connectivity index (χ4v) is 4.41. The van der Waals surface area contributed by atoms with Crippen LogP contribution in [0.3, 0.4) is 0 Å². The monoisotopic (exact) mass is 370 g/mol. The van der Waals surface area contributed by atoms with E-state index in [9.17, 15) is 10.1 Å². The topological polar surface area (TPSA) is 44.1 Å². The Bertz CT molecular complexity index is 1040. The molecule has 3 aromatic rings. The zero-order valence-corrected chi connectivity index (χ0v) is 15.6. The molecule has 3 aromatic carbocycles. The number of benzene rings is 3. The summed E-state index contributed by atoms with van der Waals surface area (Å²) in [6.45, 7) is 0.726. The molecule has 0 unspecified atom stereocenters. The summed E-state index contributed by atoms with van der Waals surface area (Å²) in [5, 5.41) is 9.35. The van der Waals surface area contributed by atoms with Gasteiger partial charge in [-0.1, -0.05) is 54.2 Å². The summed E-state index contributed by atoms with van der Waals surface area (Å²) in [4.78, 5) is 17.0. The van der Waals surface area contributed by atoms with E-state index in [0.717, 1.165) is 34.9 Å². The number of amides is 1. The van der Waals surface area contributed by atoms with Crippen molar-refractivity contribution >= 4 is 23.4 Å². The number of para-hydroxylation sites is 1. The summed E-state index contributed by atoms with van der Waals surface area (Å²) in [5.74, 6) is 0.0136. The van der Waals surface area contributed by atoms with Gasteiger partial charge in [-0.3, -0.25) is 4.79 Å². The summed E-state index contributed by atoms with van der Waals surface area (Å²) in [6, 6.07) is 25.5. The molecular formula is C23H18N2OS. The first-order valence-electron chi connectivity index (χ1n) is 8.94. The average molecular weight is 370 g/mol. The molecule has 4 rings (SSSR count). The summed E-state index contributed by atoms with van der Waals surface area (Å²) >= 11 is 1.47. The van der Waals surface area contributed by atoms with E-state index in [1.807, 2.05) is 65.6 Å². The minimum absolute atomic E-state index is 0.0136. The lowest BCUT2D eigenvalue weighted by molar-refractivity contribution is 0.0982. The third-order valence-corrected chi connectivity index (χ3v) is 5.85. The van der Waals surface area contributed by atoms with E-state index in [4.69, 9.17) is 0 Å². The molecule has 0 fully saturated rings. The van der Waals surface area contributed by atoms with Crippen molar-refractivity contribution in [2.24, 2.45) is 0 Å². The van der Waals surface area contributed by atoms with Crippen molar-refractivity contribution in [3.8, 4) is 6.07 Å². The van der Waals surface area contributed by atoms with Gasteiger partial charge in [0.25, 0.3) is 5.91 Å². The van der Waals surface area contributed by atoms with E-state index >= 15 is 0 Å². The highest BCUT2D eigenvalue weighted by Crippen LogP contribution is 2.35. The third-order valence-electron chi connectivity index (χ3n) is 4.70. The number of nitriles is 1. The fraction of sp³-hybridized carbons (Fsp3) is 0.130. The normalized spacial score (nSPS) is 12.9. The Morgan fingerprint density at radius 2 is 1.63 bits per heavy atom. The van der Waals surface area contributed by atoms with Crippen molar-refractivity contribution in [2.45, 2.75) is 22.6 Å². The quantitative estimate of drug-likeness (QED) is 0.628. The van der Waals surface area contributed by atoms with E-state index < -0.39 is 0 Å². The van der Waals surface area contributed by atoms with Gasteiger partial charge in [0.05, 0.1) is 11.1 Å². The predicted octanol–water partition coefficient (Wildman–Crippen LogP) is 5.30. The zero-order chi connectivity index (χ0) is 18.6. The van der Waals surface area contributed by atoms with Crippen LogP contribution in [-0.2, 0) is 6.42 Å². The molecule has 0 atom stereocenters. The van der Waals surface area contributed by atoms with Gasteiger partial charge in [-0.15, -0.1) is 0 Å². The molecule has 0 radical (unpaired) electrons. The van der Waals surface area contributed by atoms with Crippen LogP contribution in [0.15, 0.2) is 82.6 Å². The Hall–Kier alpha value is -3.03. The molecule has 27 heavy (non-hydrogen) atoms. The van der Waals surface area contributed by atoms with E-state index in [0.29, 0.717) is 11.1 Å². The van der Waals surface area contributed by atoms with E-state index in [1.54, 1.807) is 6.07 Å². The highest BCUT2D eigenvalue weighted by molar-refractivity contribution is 7.99.